The zero-order valence-corrected chi connectivity index (χ0v) is 13.2. The zero-order valence-electron chi connectivity index (χ0n) is 10.6. The fraction of sp³-hybridized carbons (Fsp3) is 0.583. The van der Waals surface area contributed by atoms with Crippen molar-refractivity contribution in [1.29, 1.82) is 0 Å². The third kappa shape index (κ3) is 4.00. The molecule has 0 aliphatic heterocycles. The number of hydrogen-bond donors (Lipinski definition) is 0. The van der Waals surface area contributed by atoms with Gasteiger partial charge in [-0.15, -0.1) is 0 Å². The lowest BCUT2D eigenvalue weighted by Crippen LogP contribution is -2.17. The molecule has 0 aromatic carbocycles. The summed E-state index contributed by atoms with van der Waals surface area (Å²) in [7, 11) is -0.655. The number of hydrogen-bond acceptors (Lipinski definition) is 2. The van der Waals surface area contributed by atoms with Crippen LogP contribution < -0.4 is 0 Å². The first-order chi connectivity index (χ1) is 7.30. The van der Waals surface area contributed by atoms with Gasteiger partial charge in [0, 0.05) is 10.7 Å². The molecule has 0 saturated carbocycles. The first-order valence-corrected chi connectivity index (χ1v) is 8.58. The SMILES string of the molecule is C[Si](C)OCc1ncc(Br)cc1C(C)(C)C. The molecular weight excluding hydrogens is 282 g/mol. The van der Waals surface area contributed by atoms with Gasteiger partial charge in [-0.3, -0.25) is 4.98 Å². The van der Waals surface area contributed by atoms with Gasteiger partial charge in [-0.2, -0.15) is 0 Å². The number of aromatic nitrogens is 1. The van der Waals surface area contributed by atoms with E-state index in [0.717, 1.165) is 10.2 Å². The molecule has 0 spiro atoms. The minimum atomic E-state index is -0.655. The molecule has 1 heterocycles. The molecule has 16 heavy (non-hydrogen) atoms. The minimum Gasteiger partial charge on any atom is -0.411 e. The molecule has 4 heteroatoms. The van der Waals surface area contributed by atoms with Crippen molar-refractivity contribution >= 4 is 25.0 Å². The van der Waals surface area contributed by atoms with Crippen molar-refractivity contribution in [3.63, 3.8) is 0 Å². The average molecular weight is 301 g/mol. The maximum atomic E-state index is 5.73. The normalized spacial score (nSPS) is 12.2. The second kappa shape index (κ2) is 5.43. The second-order valence-corrected chi connectivity index (χ2v) is 8.12. The van der Waals surface area contributed by atoms with Crippen LogP contribution in [0.5, 0.6) is 0 Å². The van der Waals surface area contributed by atoms with Crippen LogP contribution in [0.4, 0.5) is 0 Å². The van der Waals surface area contributed by atoms with E-state index < -0.39 is 9.04 Å². The summed E-state index contributed by atoms with van der Waals surface area (Å²) in [6.45, 7) is 11.5. The summed E-state index contributed by atoms with van der Waals surface area (Å²) in [4.78, 5) is 4.46. The van der Waals surface area contributed by atoms with E-state index >= 15 is 0 Å². The van der Waals surface area contributed by atoms with Crippen LogP contribution in [0.1, 0.15) is 32.0 Å². The molecule has 0 aliphatic rings. The van der Waals surface area contributed by atoms with Crippen LogP contribution in [0.25, 0.3) is 0 Å². The lowest BCUT2D eigenvalue weighted by Gasteiger charge is -2.22. The molecule has 0 N–H and O–H groups in total. The van der Waals surface area contributed by atoms with Crippen molar-refractivity contribution in [3.05, 3.63) is 28.0 Å². The number of rotatable bonds is 3. The van der Waals surface area contributed by atoms with Gasteiger partial charge in [0.25, 0.3) is 0 Å². The van der Waals surface area contributed by atoms with Gasteiger partial charge >= 0.3 is 0 Å². The molecule has 0 bridgehead atoms. The molecule has 1 radical (unpaired) electrons. The van der Waals surface area contributed by atoms with Crippen molar-refractivity contribution in [1.82, 2.24) is 4.98 Å². The molecule has 1 aromatic rings. The van der Waals surface area contributed by atoms with Crippen LogP contribution in [-0.4, -0.2) is 14.0 Å². The average Bonchev–Trinajstić information content (AvgIpc) is 2.14. The Morgan fingerprint density at radius 3 is 2.50 bits per heavy atom. The van der Waals surface area contributed by atoms with E-state index in [1.165, 1.54) is 5.56 Å². The fourth-order valence-electron chi connectivity index (χ4n) is 1.44. The summed E-state index contributed by atoms with van der Waals surface area (Å²) in [5, 5.41) is 0. The molecule has 0 fully saturated rings. The summed E-state index contributed by atoms with van der Waals surface area (Å²) in [6, 6.07) is 2.14. The van der Waals surface area contributed by atoms with Crippen molar-refractivity contribution in [2.24, 2.45) is 0 Å². The Labute approximate surface area is 108 Å². The van der Waals surface area contributed by atoms with E-state index in [9.17, 15) is 0 Å². The maximum Gasteiger partial charge on any atom is 0.205 e. The summed E-state index contributed by atoms with van der Waals surface area (Å²) < 4.78 is 6.76. The summed E-state index contributed by atoms with van der Waals surface area (Å²) in [5.74, 6) is 0. The Morgan fingerprint density at radius 2 is 2.00 bits per heavy atom. The standard InChI is InChI=1S/C12H19BrNOSi/c1-12(2,3)10-6-9(13)7-14-11(10)8-15-16(4)5/h6-7H,8H2,1-5H3. The molecule has 0 saturated heterocycles. The summed E-state index contributed by atoms with van der Waals surface area (Å²) >= 11 is 3.47. The van der Waals surface area contributed by atoms with E-state index in [0.29, 0.717) is 6.61 Å². The smallest absolute Gasteiger partial charge is 0.205 e. The molecule has 0 unspecified atom stereocenters. The Bertz CT molecular complexity index is 361. The number of halogens is 1. The van der Waals surface area contributed by atoms with Crippen molar-refractivity contribution in [2.45, 2.75) is 45.9 Å². The quantitative estimate of drug-likeness (QED) is 0.790. The number of nitrogens with zero attached hydrogens (tertiary/aromatic N) is 1. The van der Waals surface area contributed by atoms with Gasteiger partial charge in [0.05, 0.1) is 12.3 Å². The highest BCUT2D eigenvalue weighted by Gasteiger charge is 2.19. The maximum absolute atomic E-state index is 5.73. The first kappa shape index (κ1) is 13.9. The van der Waals surface area contributed by atoms with Gasteiger partial charge < -0.3 is 4.43 Å². The third-order valence-corrected chi connectivity index (χ3v) is 3.40. The van der Waals surface area contributed by atoms with Crippen LogP contribution >= 0.6 is 15.9 Å². The van der Waals surface area contributed by atoms with Crippen molar-refractivity contribution in [2.75, 3.05) is 0 Å². The lowest BCUT2D eigenvalue weighted by molar-refractivity contribution is 0.305. The van der Waals surface area contributed by atoms with E-state index in [-0.39, 0.29) is 5.41 Å². The molecule has 0 amide bonds. The second-order valence-electron chi connectivity index (χ2n) is 5.09. The largest absolute Gasteiger partial charge is 0.411 e. The number of pyridine rings is 1. The van der Waals surface area contributed by atoms with Crippen LogP contribution in [0.3, 0.4) is 0 Å². The fourth-order valence-corrected chi connectivity index (χ4v) is 2.20. The zero-order chi connectivity index (χ0) is 12.3. The highest BCUT2D eigenvalue weighted by molar-refractivity contribution is 9.10. The molecular formula is C12H19BrNOSi. The van der Waals surface area contributed by atoms with Crippen LogP contribution in [0.15, 0.2) is 16.7 Å². The lowest BCUT2D eigenvalue weighted by atomic mass is 9.86. The highest BCUT2D eigenvalue weighted by atomic mass is 79.9. The highest BCUT2D eigenvalue weighted by Crippen LogP contribution is 2.27. The molecule has 1 aromatic heterocycles. The topological polar surface area (TPSA) is 22.1 Å². The predicted molar refractivity (Wildman–Crippen MR) is 72.9 cm³/mol. The van der Waals surface area contributed by atoms with Crippen molar-refractivity contribution < 1.29 is 4.43 Å². The van der Waals surface area contributed by atoms with Crippen LogP contribution in [0, 0.1) is 0 Å². The molecule has 2 nitrogen and oxygen atoms in total. The van der Waals surface area contributed by atoms with E-state index in [1.54, 1.807) is 0 Å². The van der Waals surface area contributed by atoms with Gasteiger partial charge in [-0.1, -0.05) is 20.8 Å². The molecule has 89 valence electrons. The third-order valence-electron chi connectivity index (χ3n) is 2.24. The van der Waals surface area contributed by atoms with Gasteiger partial charge in [-0.05, 0) is 46.1 Å². The Balaban J connectivity index is 2.99. The van der Waals surface area contributed by atoms with Gasteiger partial charge in [-0.25, -0.2) is 0 Å². The van der Waals surface area contributed by atoms with Gasteiger partial charge in [0.2, 0.25) is 9.04 Å². The van der Waals surface area contributed by atoms with E-state index in [2.05, 4.69) is 60.8 Å². The van der Waals surface area contributed by atoms with Crippen molar-refractivity contribution in [3.8, 4) is 0 Å². The van der Waals surface area contributed by atoms with Crippen LogP contribution in [0.2, 0.25) is 13.1 Å². The predicted octanol–water partition coefficient (Wildman–Crippen LogP) is 3.91. The van der Waals surface area contributed by atoms with Crippen LogP contribution in [-0.2, 0) is 16.4 Å². The Morgan fingerprint density at radius 1 is 1.38 bits per heavy atom. The summed E-state index contributed by atoms with van der Waals surface area (Å²) in [6.07, 6.45) is 1.84. The first-order valence-electron chi connectivity index (χ1n) is 5.38. The molecule has 0 aliphatic carbocycles. The Kier molecular flexibility index (Phi) is 4.70. The van der Waals surface area contributed by atoms with E-state index in [1.807, 2.05) is 6.20 Å². The van der Waals surface area contributed by atoms with Gasteiger partial charge in [0.15, 0.2) is 0 Å². The van der Waals surface area contributed by atoms with E-state index in [4.69, 9.17) is 4.43 Å². The molecule has 1 rings (SSSR count). The Hall–Kier alpha value is -0.193. The molecule has 0 atom stereocenters. The van der Waals surface area contributed by atoms with Gasteiger partial charge in [0.1, 0.15) is 0 Å². The summed E-state index contributed by atoms with van der Waals surface area (Å²) in [5.41, 5.74) is 2.41. The monoisotopic (exact) mass is 300 g/mol. The minimum absolute atomic E-state index is 0.101.